The summed E-state index contributed by atoms with van der Waals surface area (Å²) in [6.07, 6.45) is 6.79. The van der Waals surface area contributed by atoms with Gasteiger partial charge in [0.1, 0.15) is 6.29 Å². The number of aromatic nitrogens is 1. The highest BCUT2D eigenvalue weighted by molar-refractivity contribution is 5.53. The second-order valence-corrected chi connectivity index (χ2v) is 4.85. The Labute approximate surface area is 108 Å². The topological polar surface area (TPSA) is 45.2 Å². The van der Waals surface area contributed by atoms with E-state index in [-0.39, 0.29) is 0 Å². The number of carbonyl (C=O) groups excluding carboxylic acids is 1. The molecule has 0 aliphatic carbocycles. The van der Waals surface area contributed by atoms with Crippen molar-refractivity contribution in [2.45, 2.75) is 19.4 Å². The van der Waals surface area contributed by atoms with Crippen LogP contribution in [0.4, 0.5) is 0 Å². The van der Waals surface area contributed by atoms with Gasteiger partial charge in [0.25, 0.3) is 0 Å². The fraction of sp³-hybridized carbons (Fsp3) is 0.571. The van der Waals surface area contributed by atoms with Gasteiger partial charge in [0.05, 0.1) is 0 Å². The Hall–Kier alpha value is -1.26. The molecule has 1 N–H and O–H groups in total. The molecule has 1 saturated heterocycles. The van der Waals surface area contributed by atoms with Crippen molar-refractivity contribution in [2.24, 2.45) is 5.92 Å². The molecule has 0 saturated carbocycles. The molecule has 1 fully saturated rings. The molecule has 0 atom stereocenters. The number of hydrogen-bond donors (Lipinski definition) is 1. The lowest BCUT2D eigenvalue weighted by molar-refractivity contribution is -0.112. The van der Waals surface area contributed by atoms with Crippen LogP contribution < -0.4 is 5.32 Å². The minimum atomic E-state index is 0.297. The Bertz CT molecular complexity index is 347. The average molecular weight is 247 g/mol. The molecule has 0 bridgehead atoms. The normalized spacial score (nSPS) is 17.8. The van der Waals surface area contributed by atoms with E-state index in [1.54, 1.807) is 0 Å². The Balaban J connectivity index is 1.58. The van der Waals surface area contributed by atoms with Crippen LogP contribution in [0.15, 0.2) is 24.5 Å². The van der Waals surface area contributed by atoms with Gasteiger partial charge in [-0.3, -0.25) is 4.98 Å². The smallest absolute Gasteiger partial charge is 0.123 e. The summed E-state index contributed by atoms with van der Waals surface area (Å²) in [5, 5.41) is 3.44. The summed E-state index contributed by atoms with van der Waals surface area (Å²) in [5.74, 6) is 0.297. The van der Waals surface area contributed by atoms with Crippen molar-refractivity contribution in [2.75, 3.05) is 26.2 Å². The maximum absolute atomic E-state index is 10.6. The zero-order chi connectivity index (χ0) is 12.6. The Morgan fingerprint density at radius 3 is 2.72 bits per heavy atom. The molecular formula is C14H21N3O. The Morgan fingerprint density at radius 2 is 2.06 bits per heavy atom. The van der Waals surface area contributed by atoms with Crippen LogP contribution in [-0.4, -0.2) is 42.3 Å². The summed E-state index contributed by atoms with van der Waals surface area (Å²) in [7, 11) is 0. The van der Waals surface area contributed by atoms with Crippen molar-refractivity contribution in [1.82, 2.24) is 15.2 Å². The van der Waals surface area contributed by atoms with Crippen molar-refractivity contribution in [3.8, 4) is 0 Å². The van der Waals surface area contributed by atoms with Crippen molar-refractivity contribution in [3.63, 3.8) is 0 Å². The lowest BCUT2D eigenvalue weighted by Crippen LogP contribution is -2.38. The Kier molecular flexibility index (Phi) is 5.30. The summed E-state index contributed by atoms with van der Waals surface area (Å²) in [4.78, 5) is 17.1. The van der Waals surface area contributed by atoms with Crippen molar-refractivity contribution >= 4 is 6.29 Å². The number of aldehydes is 1. The van der Waals surface area contributed by atoms with Gasteiger partial charge in [0.2, 0.25) is 0 Å². The SMILES string of the molecule is O=CC1CCN(CCNCc2ccncc2)CC1. The third-order valence-corrected chi connectivity index (χ3v) is 3.51. The van der Waals surface area contributed by atoms with Crippen LogP contribution in [0.3, 0.4) is 0 Å². The zero-order valence-corrected chi connectivity index (χ0v) is 10.7. The molecule has 0 aromatic carbocycles. The van der Waals surface area contributed by atoms with Gasteiger partial charge < -0.3 is 15.0 Å². The number of hydrogen-bond acceptors (Lipinski definition) is 4. The molecule has 4 heteroatoms. The summed E-state index contributed by atoms with van der Waals surface area (Å²) < 4.78 is 0. The molecular weight excluding hydrogens is 226 g/mol. The van der Waals surface area contributed by atoms with Crippen LogP contribution in [0.1, 0.15) is 18.4 Å². The molecule has 1 aliphatic heterocycles. The molecule has 98 valence electrons. The van der Waals surface area contributed by atoms with E-state index in [2.05, 4.69) is 15.2 Å². The highest BCUT2D eigenvalue weighted by Crippen LogP contribution is 2.13. The molecule has 0 unspecified atom stereocenters. The van der Waals surface area contributed by atoms with Gasteiger partial charge in [-0.1, -0.05) is 0 Å². The fourth-order valence-corrected chi connectivity index (χ4v) is 2.28. The van der Waals surface area contributed by atoms with Gasteiger partial charge >= 0.3 is 0 Å². The highest BCUT2D eigenvalue weighted by Gasteiger charge is 2.17. The van der Waals surface area contributed by atoms with Crippen LogP contribution in [0.2, 0.25) is 0 Å². The molecule has 0 amide bonds. The van der Waals surface area contributed by atoms with Gasteiger partial charge in [-0.15, -0.1) is 0 Å². The summed E-state index contributed by atoms with van der Waals surface area (Å²) in [6.45, 7) is 5.07. The molecule has 0 radical (unpaired) electrons. The highest BCUT2D eigenvalue weighted by atomic mass is 16.1. The van der Waals surface area contributed by atoms with Crippen molar-refractivity contribution in [3.05, 3.63) is 30.1 Å². The van der Waals surface area contributed by atoms with Crippen LogP contribution in [0.25, 0.3) is 0 Å². The van der Waals surface area contributed by atoms with E-state index in [4.69, 9.17) is 0 Å². The first-order chi connectivity index (χ1) is 8.88. The second-order valence-electron chi connectivity index (χ2n) is 4.85. The van der Waals surface area contributed by atoms with Gasteiger partial charge in [0, 0.05) is 37.9 Å². The summed E-state index contributed by atoms with van der Waals surface area (Å²) in [5.41, 5.74) is 1.27. The first kappa shape index (κ1) is 13.2. The van der Waals surface area contributed by atoms with E-state index in [9.17, 15) is 4.79 Å². The van der Waals surface area contributed by atoms with E-state index < -0.39 is 0 Å². The van der Waals surface area contributed by atoms with Gasteiger partial charge in [-0.25, -0.2) is 0 Å². The molecule has 1 aliphatic rings. The molecule has 4 nitrogen and oxygen atoms in total. The van der Waals surface area contributed by atoms with Gasteiger partial charge in [-0.2, -0.15) is 0 Å². The van der Waals surface area contributed by atoms with Crippen LogP contribution in [-0.2, 0) is 11.3 Å². The van der Waals surface area contributed by atoms with Crippen molar-refractivity contribution in [1.29, 1.82) is 0 Å². The monoisotopic (exact) mass is 247 g/mol. The predicted octanol–water partition coefficient (Wildman–Crippen LogP) is 1.08. The number of nitrogens with zero attached hydrogens (tertiary/aromatic N) is 2. The van der Waals surface area contributed by atoms with Crippen molar-refractivity contribution < 1.29 is 4.79 Å². The Morgan fingerprint density at radius 1 is 1.33 bits per heavy atom. The number of likely N-dealkylation sites (tertiary alicyclic amines) is 1. The second kappa shape index (κ2) is 7.24. The maximum Gasteiger partial charge on any atom is 0.123 e. The van der Waals surface area contributed by atoms with Crippen LogP contribution in [0.5, 0.6) is 0 Å². The summed E-state index contributed by atoms with van der Waals surface area (Å²) >= 11 is 0. The molecule has 2 heterocycles. The quantitative estimate of drug-likeness (QED) is 0.603. The van der Waals surface area contributed by atoms with E-state index in [1.807, 2.05) is 24.5 Å². The predicted molar refractivity (Wildman–Crippen MR) is 71.2 cm³/mol. The van der Waals surface area contributed by atoms with E-state index in [0.717, 1.165) is 51.9 Å². The first-order valence-corrected chi connectivity index (χ1v) is 6.66. The minimum Gasteiger partial charge on any atom is -0.311 e. The number of carbonyl (C=O) groups is 1. The average Bonchev–Trinajstić information content (AvgIpc) is 2.45. The minimum absolute atomic E-state index is 0.297. The number of nitrogens with one attached hydrogen (secondary N) is 1. The largest absolute Gasteiger partial charge is 0.311 e. The summed E-state index contributed by atoms with van der Waals surface area (Å²) in [6, 6.07) is 4.06. The number of rotatable bonds is 6. The van der Waals surface area contributed by atoms with Gasteiger partial charge in [-0.05, 0) is 43.6 Å². The number of pyridine rings is 1. The first-order valence-electron chi connectivity index (χ1n) is 6.66. The lowest BCUT2D eigenvalue weighted by Gasteiger charge is -2.29. The van der Waals surface area contributed by atoms with E-state index >= 15 is 0 Å². The molecule has 2 rings (SSSR count). The van der Waals surface area contributed by atoms with Crippen LogP contribution in [0, 0.1) is 5.92 Å². The third kappa shape index (κ3) is 4.20. The lowest BCUT2D eigenvalue weighted by atomic mass is 9.99. The van der Waals surface area contributed by atoms with E-state index in [0.29, 0.717) is 5.92 Å². The maximum atomic E-state index is 10.6. The fourth-order valence-electron chi connectivity index (χ4n) is 2.28. The van der Waals surface area contributed by atoms with E-state index in [1.165, 1.54) is 5.56 Å². The molecule has 1 aromatic rings. The standard InChI is InChI=1S/C14H21N3O/c18-12-14-3-8-17(9-4-14)10-7-16-11-13-1-5-15-6-2-13/h1-2,5-6,12,14,16H,3-4,7-11H2. The number of piperidine rings is 1. The molecule has 18 heavy (non-hydrogen) atoms. The third-order valence-electron chi connectivity index (χ3n) is 3.51. The zero-order valence-electron chi connectivity index (χ0n) is 10.7. The molecule has 0 spiro atoms. The van der Waals surface area contributed by atoms with Gasteiger partial charge in [0.15, 0.2) is 0 Å². The molecule has 1 aromatic heterocycles. The van der Waals surface area contributed by atoms with Crippen LogP contribution >= 0.6 is 0 Å².